The van der Waals surface area contributed by atoms with Gasteiger partial charge in [0.25, 0.3) is 0 Å². The molecule has 0 saturated heterocycles. The van der Waals surface area contributed by atoms with Crippen molar-refractivity contribution in [1.82, 2.24) is 10.3 Å². The van der Waals surface area contributed by atoms with Crippen LogP contribution in [0.2, 0.25) is 0 Å². The Bertz CT molecular complexity index is 632. The molecule has 2 rings (SSSR count). The fourth-order valence-electron chi connectivity index (χ4n) is 1.64. The average Bonchev–Trinajstić information content (AvgIpc) is 2.84. The van der Waals surface area contributed by atoms with E-state index in [1.807, 2.05) is 18.2 Å². The van der Waals surface area contributed by atoms with E-state index in [-0.39, 0.29) is 10.7 Å². The van der Waals surface area contributed by atoms with Crippen molar-refractivity contribution < 1.29 is 5.21 Å². The summed E-state index contributed by atoms with van der Waals surface area (Å²) in [5.74, 6) is 0.0871. The summed E-state index contributed by atoms with van der Waals surface area (Å²) in [6.45, 7) is 1.22. The first-order valence-corrected chi connectivity index (χ1v) is 6.51. The third-order valence-corrected chi connectivity index (χ3v) is 3.26. The molecule has 6 nitrogen and oxygen atoms in total. The molecule has 1 aromatic carbocycles. The van der Waals surface area contributed by atoms with E-state index in [9.17, 15) is 4.79 Å². The molecule has 1 aromatic heterocycles. The fourth-order valence-corrected chi connectivity index (χ4v) is 2.22. The second kappa shape index (κ2) is 6.17. The quantitative estimate of drug-likeness (QED) is 0.281. The van der Waals surface area contributed by atoms with Crippen molar-refractivity contribution >= 4 is 17.2 Å². The molecule has 0 amide bonds. The minimum absolute atomic E-state index is 0.0503. The number of H-pyrrole nitrogens is 1. The van der Waals surface area contributed by atoms with Gasteiger partial charge in [0.1, 0.15) is 0 Å². The minimum Gasteiger partial charge on any atom is -0.409 e. The summed E-state index contributed by atoms with van der Waals surface area (Å²) in [5.41, 5.74) is 8.08. The Morgan fingerprint density at radius 3 is 3.00 bits per heavy atom. The molecule has 0 atom stereocenters. The number of benzene rings is 1. The number of thiazole rings is 1. The maximum absolute atomic E-state index is 11.0. The van der Waals surface area contributed by atoms with E-state index in [0.717, 1.165) is 22.6 Å². The first-order valence-electron chi connectivity index (χ1n) is 5.63. The molecule has 7 heteroatoms. The molecule has 0 unspecified atom stereocenters. The van der Waals surface area contributed by atoms with Gasteiger partial charge in [-0.1, -0.05) is 34.7 Å². The summed E-state index contributed by atoms with van der Waals surface area (Å²) < 4.78 is 0. The van der Waals surface area contributed by atoms with Crippen molar-refractivity contribution in [3.8, 4) is 0 Å². The average molecular weight is 278 g/mol. The molecule has 19 heavy (non-hydrogen) atoms. The normalized spacial score (nSPS) is 11.7. The zero-order valence-corrected chi connectivity index (χ0v) is 10.9. The Morgan fingerprint density at radius 1 is 1.47 bits per heavy atom. The van der Waals surface area contributed by atoms with Gasteiger partial charge >= 0.3 is 4.87 Å². The molecule has 1 heterocycles. The Labute approximate surface area is 113 Å². The highest BCUT2D eigenvalue weighted by Crippen LogP contribution is 2.05. The first-order chi connectivity index (χ1) is 9.19. The Morgan fingerprint density at radius 2 is 2.32 bits per heavy atom. The van der Waals surface area contributed by atoms with Crippen LogP contribution in [0.15, 0.2) is 39.6 Å². The van der Waals surface area contributed by atoms with E-state index in [0.29, 0.717) is 18.7 Å². The Balaban J connectivity index is 1.94. The van der Waals surface area contributed by atoms with Gasteiger partial charge in [-0.3, -0.25) is 4.79 Å². The van der Waals surface area contributed by atoms with Crippen LogP contribution in [0.4, 0.5) is 0 Å². The molecule has 0 saturated carbocycles. The van der Waals surface area contributed by atoms with Crippen LogP contribution in [-0.4, -0.2) is 16.0 Å². The number of hydrogen-bond acceptors (Lipinski definition) is 5. The van der Waals surface area contributed by atoms with Crippen LogP contribution in [0.25, 0.3) is 0 Å². The number of rotatable bonds is 5. The topological polar surface area (TPSA) is 104 Å². The second-order valence-electron chi connectivity index (χ2n) is 3.96. The Hall–Kier alpha value is -2.12. The number of nitrogens with one attached hydrogen (secondary N) is 2. The van der Waals surface area contributed by atoms with Crippen molar-refractivity contribution in [2.24, 2.45) is 10.9 Å². The molecule has 2 aromatic rings. The number of nitrogens with zero attached hydrogens (tertiary/aromatic N) is 1. The van der Waals surface area contributed by atoms with E-state index in [2.05, 4.69) is 15.5 Å². The van der Waals surface area contributed by atoms with Crippen molar-refractivity contribution in [2.75, 3.05) is 0 Å². The lowest BCUT2D eigenvalue weighted by atomic mass is 10.1. The van der Waals surface area contributed by atoms with Gasteiger partial charge in [-0.25, -0.2) is 0 Å². The summed E-state index contributed by atoms with van der Waals surface area (Å²) in [7, 11) is 0. The predicted octanol–water partition coefficient (Wildman–Crippen LogP) is 0.821. The van der Waals surface area contributed by atoms with Gasteiger partial charge in [-0.2, -0.15) is 0 Å². The zero-order valence-electron chi connectivity index (χ0n) is 10.1. The van der Waals surface area contributed by atoms with Gasteiger partial charge in [0.05, 0.1) is 0 Å². The monoisotopic (exact) mass is 278 g/mol. The molecule has 100 valence electrons. The molecule has 0 fully saturated rings. The van der Waals surface area contributed by atoms with Crippen LogP contribution in [0, 0.1) is 0 Å². The molecule has 0 bridgehead atoms. The molecule has 0 radical (unpaired) electrons. The highest BCUT2D eigenvalue weighted by atomic mass is 32.1. The van der Waals surface area contributed by atoms with E-state index in [4.69, 9.17) is 10.9 Å². The van der Waals surface area contributed by atoms with E-state index in [1.165, 1.54) is 0 Å². The van der Waals surface area contributed by atoms with Crippen molar-refractivity contribution in [1.29, 1.82) is 0 Å². The molecular formula is C12H14N4O2S. The van der Waals surface area contributed by atoms with Crippen LogP contribution in [0.1, 0.15) is 16.8 Å². The number of amidine groups is 1. The second-order valence-corrected chi connectivity index (χ2v) is 4.80. The van der Waals surface area contributed by atoms with Gasteiger partial charge in [0.15, 0.2) is 5.84 Å². The van der Waals surface area contributed by atoms with Gasteiger partial charge in [-0.05, 0) is 11.6 Å². The van der Waals surface area contributed by atoms with E-state index < -0.39 is 0 Å². The lowest BCUT2D eigenvalue weighted by molar-refractivity contribution is 0.318. The standard InChI is InChI=1S/C12H14N4O2S/c13-11(16-18)9-3-1-2-8(4-9)5-14-6-10-7-19-12(17)15-10/h1-4,7,14,18H,5-6H2,(H2,13,16)(H,15,17). The van der Waals surface area contributed by atoms with Gasteiger partial charge in [0.2, 0.25) is 0 Å². The summed E-state index contributed by atoms with van der Waals surface area (Å²) >= 11 is 1.15. The maximum Gasteiger partial charge on any atom is 0.304 e. The zero-order chi connectivity index (χ0) is 13.7. The lowest BCUT2D eigenvalue weighted by Crippen LogP contribution is -2.16. The number of nitrogens with two attached hydrogens (primary N) is 1. The Kier molecular flexibility index (Phi) is 4.32. The molecule has 0 aliphatic heterocycles. The van der Waals surface area contributed by atoms with Gasteiger partial charge in [-0.15, -0.1) is 0 Å². The van der Waals surface area contributed by atoms with Crippen LogP contribution < -0.4 is 15.9 Å². The SMILES string of the molecule is N/C(=N/O)c1cccc(CNCc2csc(=O)[nH]2)c1. The summed E-state index contributed by atoms with van der Waals surface area (Å²) in [5, 5.41) is 16.6. The molecule has 0 aliphatic rings. The third kappa shape index (κ3) is 3.67. The summed E-state index contributed by atoms with van der Waals surface area (Å²) in [4.78, 5) is 13.6. The molecular weight excluding hydrogens is 264 g/mol. The van der Waals surface area contributed by atoms with Crippen LogP contribution in [-0.2, 0) is 13.1 Å². The van der Waals surface area contributed by atoms with Crippen LogP contribution in [0.3, 0.4) is 0 Å². The smallest absolute Gasteiger partial charge is 0.304 e. The third-order valence-electron chi connectivity index (χ3n) is 2.55. The predicted molar refractivity (Wildman–Crippen MR) is 74.4 cm³/mol. The number of aromatic amines is 1. The minimum atomic E-state index is -0.0503. The van der Waals surface area contributed by atoms with E-state index in [1.54, 1.807) is 11.4 Å². The van der Waals surface area contributed by atoms with Gasteiger partial charge in [0, 0.05) is 29.7 Å². The maximum atomic E-state index is 11.0. The number of aromatic nitrogens is 1. The molecule has 0 aliphatic carbocycles. The first kappa shape index (κ1) is 13.3. The summed E-state index contributed by atoms with van der Waals surface area (Å²) in [6, 6.07) is 7.40. The number of oxime groups is 1. The van der Waals surface area contributed by atoms with E-state index >= 15 is 0 Å². The van der Waals surface area contributed by atoms with Crippen LogP contribution in [0.5, 0.6) is 0 Å². The van der Waals surface area contributed by atoms with Crippen molar-refractivity contribution in [3.63, 3.8) is 0 Å². The summed E-state index contributed by atoms with van der Waals surface area (Å²) in [6.07, 6.45) is 0. The largest absolute Gasteiger partial charge is 0.409 e. The highest BCUT2D eigenvalue weighted by Gasteiger charge is 2.01. The van der Waals surface area contributed by atoms with Crippen LogP contribution >= 0.6 is 11.3 Å². The van der Waals surface area contributed by atoms with Crippen molar-refractivity contribution in [3.05, 3.63) is 56.1 Å². The van der Waals surface area contributed by atoms with Gasteiger partial charge < -0.3 is 21.2 Å². The van der Waals surface area contributed by atoms with Crippen molar-refractivity contribution in [2.45, 2.75) is 13.1 Å². The fraction of sp³-hybridized carbons (Fsp3) is 0.167. The lowest BCUT2D eigenvalue weighted by Gasteiger charge is -2.05. The highest BCUT2D eigenvalue weighted by molar-refractivity contribution is 7.07. The number of hydrogen-bond donors (Lipinski definition) is 4. The molecule has 5 N–H and O–H groups in total. The molecule has 0 spiro atoms.